The fourth-order valence-corrected chi connectivity index (χ4v) is 4.93. The lowest BCUT2D eigenvalue weighted by atomic mass is 9.72. The Morgan fingerprint density at radius 3 is 2.81 bits per heavy atom. The topological polar surface area (TPSA) is 113 Å². The smallest absolute Gasteiger partial charge is 0.234 e. The molecule has 1 aliphatic carbocycles. The summed E-state index contributed by atoms with van der Waals surface area (Å²) >= 11 is 1.16. The number of nitriles is 1. The molecule has 1 aromatic carbocycles. The van der Waals surface area contributed by atoms with Crippen LogP contribution >= 0.6 is 11.8 Å². The molecule has 162 valence electrons. The summed E-state index contributed by atoms with van der Waals surface area (Å²) in [6, 6.07) is 12.4. The van der Waals surface area contributed by atoms with E-state index in [4.69, 9.17) is 4.42 Å². The van der Waals surface area contributed by atoms with Gasteiger partial charge in [0.25, 0.3) is 0 Å². The zero-order valence-electron chi connectivity index (χ0n) is 17.5. The molecule has 1 fully saturated rings. The second kappa shape index (κ2) is 9.37. The maximum Gasteiger partial charge on any atom is 0.234 e. The zero-order valence-corrected chi connectivity index (χ0v) is 18.3. The third kappa shape index (κ3) is 4.43. The molecule has 1 aliphatic heterocycles. The minimum absolute atomic E-state index is 0.0328. The highest BCUT2D eigenvalue weighted by atomic mass is 32.2. The second-order valence-corrected chi connectivity index (χ2v) is 8.66. The van der Waals surface area contributed by atoms with Crippen molar-refractivity contribution < 1.29 is 18.8 Å². The Labute approximate surface area is 189 Å². The number of Topliss-reactive ketones (excluding diaryl/α,β-unsaturated/α-hetero) is 2. The van der Waals surface area contributed by atoms with Gasteiger partial charge in [-0.05, 0) is 44.0 Å². The number of allylic oxidation sites excluding steroid dienone is 1. The number of carbonyl (C=O) groups is 3. The lowest BCUT2D eigenvalue weighted by Crippen LogP contribution is -2.37. The number of carbonyl (C=O) groups excluding carboxylic acids is 3. The highest BCUT2D eigenvalue weighted by Gasteiger charge is 2.43. The minimum Gasteiger partial charge on any atom is -0.469 e. The summed E-state index contributed by atoms with van der Waals surface area (Å²) in [5, 5.41) is 13.1. The molecular formula is C24H21N3O4S. The van der Waals surface area contributed by atoms with Gasteiger partial charge in [-0.2, -0.15) is 5.26 Å². The quantitative estimate of drug-likeness (QED) is 0.653. The van der Waals surface area contributed by atoms with Crippen molar-refractivity contribution in [1.82, 2.24) is 0 Å². The molecule has 0 saturated heterocycles. The number of nitrogens with zero attached hydrogens (tertiary/aromatic N) is 2. The van der Waals surface area contributed by atoms with Crippen LogP contribution < -0.4 is 5.32 Å². The van der Waals surface area contributed by atoms with Gasteiger partial charge in [-0.25, -0.2) is 4.99 Å². The Bertz CT molecular complexity index is 1170. The van der Waals surface area contributed by atoms with Crippen molar-refractivity contribution >= 4 is 40.6 Å². The highest BCUT2D eigenvalue weighted by molar-refractivity contribution is 8.03. The van der Waals surface area contributed by atoms with Crippen molar-refractivity contribution in [2.24, 2.45) is 10.9 Å². The number of aliphatic imine (C=N–C) groups is 1. The van der Waals surface area contributed by atoms with E-state index >= 15 is 0 Å². The molecule has 2 heterocycles. The first-order valence-electron chi connectivity index (χ1n) is 10.3. The predicted molar refractivity (Wildman–Crippen MR) is 121 cm³/mol. The van der Waals surface area contributed by atoms with Crippen LogP contribution in [0.4, 0.5) is 5.69 Å². The van der Waals surface area contributed by atoms with Gasteiger partial charge < -0.3 is 9.73 Å². The molecule has 1 amide bonds. The average Bonchev–Trinajstić information content (AvgIpc) is 3.31. The first-order chi connectivity index (χ1) is 15.5. The van der Waals surface area contributed by atoms with E-state index in [1.165, 1.54) is 13.2 Å². The number of hydrogen-bond donors (Lipinski definition) is 1. The maximum absolute atomic E-state index is 12.7. The van der Waals surface area contributed by atoms with E-state index < -0.39 is 11.8 Å². The molecule has 2 aliphatic rings. The van der Waals surface area contributed by atoms with E-state index in [0.717, 1.165) is 23.9 Å². The number of ketones is 2. The third-order valence-corrected chi connectivity index (χ3v) is 6.54. The average molecular weight is 448 g/mol. The van der Waals surface area contributed by atoms with Crippen molar-refractivity contribution in [3.63, 3.8) is 0 Å². The fourth-order valence-electron chi connectivity index (χ4n) is 4.08. The fraction of sp³-hybridized carbons (Fsp3) is 0.292. The molecule has 1 N–H and O–H groups in total. The summed E-state index contributed by atoms with van der Waals surface area (Å²) in [5.74, 6) is -0.723. The number of furan rings is 1. The molecule has 0 radical (unpaired) electrons. The van der Waals surface area contributed by atoms with Crippen LogP contribution in [0.25, 0.3) is 0 Å². The van der Waals surface area contributed by atoms with E-state index in [9.17, 15) is 19.6 Å². The minimum atomic E-state index is -0.520. The number of benzene rings is 1. The van der Waals surface area contributed by atoms with Crippen LogP contribution in [0.1, 0.15) is 48.2 Å². The summed E-state index contributed by atoms with van der Waals surface area (Å²) in [6.45, 7) is 1.47. The van der Waals surface area contributed by atoms with Crippen molar-refractivity contribution in [3.8, 4) is 6.07 Å². The van der Waals surface area contributed by atoms with Crippen LogP contribution in [0.15, 0.2) is 62.7 Å². The van der Waals surface area contributed by atoms with Crippen LogP contribution in [-0.2, 0) is 9.59 Å². The number of nitrogens with one attached hydrogen (secondary N) is 1. The summed E-state index contributed by atoms with van der Waals surface area (Å²) in [4.78, 5) is 41.4. The van der Waals surface area contributed by atoms with Crippen molar-refractivity contribution in [3.05, 3.63) is 64.6 Å². The van der Waals surface area contributed by atoms with Gasteiger partial charge in [0, 0.05) is 23.4 Å². The Morgan fingerprint density at radius 1 is 1.25 bits per heavy atom. The molecule has 8 heteroatoms. The third-order valence-electron chi connectivity index (χ3n) is 5.54. The largest absolute Gasteiger partial charge is 0.469 e. The molecule has 7 nitrogen and oxygen atoms in total. The van der Waals surface area contributed by atoms with E-state index in [2.05, 4.69) is 16.4 Å². The van der Waals surface area contributed by atoms with Gasteiger partial charge in [0.05, 0.1) is 35.5 Å². The van der Waals surface area contributed by atoms with Crippen LogP contribution in [-0.4, -0.2) is 28.9 Å². The van der Waals surface area contributed by atoms with Gasteiger partial charge in [-0.3, -0.25) is 14.4 Å². The summed E-state index contributed by atoms with van der Waals surface area (Å²) < 4.78 is 5.58. The molecule has 0 bridgehead atoms. The van der Waals surface area contributed by atoms with Gasteiger partial charge in [0.15, 0.2) is 5.78 Å². The van der Waals surface area contributed by atoms with E-state index in [0.29, 0.717) is 40.5 Å². The van der Waals surface area contributed by atoms with Crippen molar-refractivity contribution in [2.45, 2.75) is 32.1 Å². The normalized spacial score (nSPS) is 20.2. The highest BCUT2D eigenvalue weighted by Crippen LogP contribution is 2.45. The van der Waals surface area contributed by atoms with Crippen LogP contribution in [0, 0.1) is 17.2 Å². The molecule has 2 atom stereocenters. The number of rotatable bonds is 6. The lowest BCUT2D eigenvalue weighted by molar-refractivity contribution is -0.122. The van der Waals surface area contributed by atoms with E-state index in [1.54, 1.807) is 36.4 Å². The Morgan fingerprint density at radius 2 is 2.09 bits per heavy atom. The summed E-state index contributed by atoms with van der Waals surface area (Å²) in [7, 11) is 0. The van der Waals surface area contributed by atoms with E-state index in [1.807, 2.05) is 0 Å². The molecule has 4 rings (SSSR count). The predicted octanol–water partition coefficient (Wildman–Crippen LogP) is 4.50. The first kappa shape index (κ1) is 21.8. The molecule has 0 unspecified atom stereocenters. The molecule has 2 aromatic rings. The number of fused-ring (bicyclic) bond motifs is 1. The van der Waals surface area contributed by atoms with E-state index in [-0.39, 0.29) is 23.2 Å². The van der Waals surface area contributed by atoms with Gasteiger partial charge >= 0.3 is 0 Å². The molecule has 32 heavy (non-hydrogen) atoms. The number of amides is 1. The van der Waals surface area contributed by atoms with Gasteiger partial charge in [-0.15, -0.1) is 0 Å². The number of thioether (sulfide) groups is 1. The Hall–Kier alpha value is -3.44. The second-order valence-electron chi connectivity index (χ2n) is 7.70. The molecule has 1 saturated carbocycles. The van der Waals surface area contributed by atoms with Crippen LogP contribution in [0.5, 0.6) is 0 Å². The standard InChI is InChI=1S/C24H21N3O4S/c1-14(28)15-5-2-6-16(11-15)26-21(30)13-32-24-17(12-25)22(20-9-4-10-31-20)23-18(27-24)7-3-8-19(23)29/h2,4-6,9-11,22-23H,3,7-8,13H2,1H3,(H,26,30)/t22-,23-/m1/s1. The maximum atomic E-state index is 12.7. The van der Waals surface area contributed by atoms with Crippen molar-refractivity contribution in [2.75, 3.05) is 11.1 Å². The number of hydrogen-bond acceptors (Lipinski definition) is 7. The van der Waals surface area contributed by atoms with Crippen LogP contribution in [0.2, 0.25) is 0 Å². The van der Waals surface area contributed by atoms with Crippen molar-refractivity contribution in [1.29, 1.82) is 5.26 Å². The monoisotopic (exact) mass is 447 g/mol. The molecular weight excluding hydrogens is 426 g/mol. The lowest BCUT2D eigenvalue weighted by Gasteiger charge is -2.33. The summed E-state index contributed by atoms with van der Waals surface area (Å²) in [6.07, 6.45) is 3.40. The first-order valence-corrected chi connectivity index (χ1v) is 11.3. The number of anilines is 1. The van der Waals surface area contributed by atoms with Gasteiger partial charge in [0.1, 0.15) is 16.6 Å². The van der Waals surface area contributed by atoms with Crippen LogP contribution in [0.3, 0.4) is 0 Å². The van der Waals surface area contributed by atoms with Gasteiger partial charge in [0.2, 0.25) is 5.91 Å². The SMILES string of the molecule is CC(=O)c1cccc(NC(=O)CSC2=C(C#N)[C@H](c3ccco3)[C@H]3C(=O)CCCC3=N2)c1. The Balaban J connectivity index is 1.56. The zero-order chi connectivity index (χ0) is 22.7. The van der Waals surface area contributed by atoms with Gasteiger partial charge in [-0.1, -0.05) is 23.9 Å². The Kier molecular flexibility index (Phi) is 6.37. The summed E-state index contributed by atoms with van der Waals surface area (Å²) in [5.41, 5.74) is 2.14. The molecule has 1 aromatic heterocycles. The molecule has 0 spiro atoms.